The molecule has 0 aliphatic carbocycles. The van der Waals surface area contributed by atoms with Crippen LogP contribution in [0.1, 0.15) is 46.5 Å². The minimum absolute atomic E-state index is 0.00130. The molecule has 0 spiro atoms. The number of carbonyl (C=O) groups is 2. The van der Waals surface area contributed by atoms with Gasteiger partial charge in [-0.05, 0) is 30.6 Å². The molecular formula is C15H28N2O4. The summed E-state index contributed by atoms with van der Waals surface area (Å²) in [6.07, 6.45) is 2.40. The van der Waals surface area contributed by atoms with Crippen LogP contribution in [0, 0.1) is 11.3 Å². The van der Waals surface area contributed by atoms with Crippen LogP contribution in [0.2, 0.25) is 0 Å². The van der Waals surface area contributed by atoms with E-state index in [1.807, 2.05) is 20.8 Å². The van der Waals surface area contributed by atoms with Gasteiger partial charge in [-0.1, -0.05) is 20.8 Å². The predicted molar refractivity (Wildman–Crippen MR) is 80.0 cm³/mol. The summed E-state index contributed by atoms with van der Waals surface area (Å²) < 4.78 is 0. The lowest BCUT2D eigenvalue weighted by atomic mass is 9.84. The van der Waals surface area contributed by atoms with E-state index in [4.69, 9.17) is 5.11 Å². The van der Waals surface area contributed by atoms with E-state index in [2.05, 4.69) is 5.32 Å². The molecular weight excluding hydrogens is 272 g/mol. The standard InChI is InChI=1S/C15H28N2O4/c1-11-5-9-17(12(11)10-18)14(21)16-8-7-15(2,3)6-4-13(19)20/h11-12,18H,4-10H2,1-3H3,(H,16,21)(H,19,20). The summed E-state index contributed by atoms with van der Waals surface area (Å²) in [6.45, 7) is 7.27. The first-order valence-electron chi connectivity index (χ1n) is 7.64. The molecule has 0 aromatic carbocycles. The van der Waals surface area contributed by atoms with Crippen molar-refractivity contribution in [3.05, 3.63) is 0 Å². The molecule has 2 atom stereocenters. The molecule has 1 rings (SSSR count). The summed E-state index contributed by atoms with van der Waals surface area (Å²) in [5.41, 5.74) is -0.111. The fourth-order valence-electron chi connectivity index (χ4n) is 2.72. The summed E-state index contributed by atoms with van der Waals surface area (Å²) >= 11 is 0. The molecule has 21 heavy (non-hydrogen) atoms. The second-order valence-electron chi connectivity index (χ2n) is 6.75. The second kappa shape index (κ2) is 7.64. The number of hydrogen-bond donors (Lipinski definition) is 3. The normalized spacial score (nSPS) is 22.4. The van der Waals surface area contributed by atoms with Gasteiger partial charge >= 0.3 is 12.0 Å². The fraction of sp³-hybridized carbons (Fsp3) is 0.867. The number of nitrogens with zero attached hydrogens (tertiary/aromatic N) is 1. The Balaban J connectivity index is 2.34. The molecule has 1 aliphatic rings. The number of urea groups is 1. The second-order valence-corrected chi connectivity index (χ2v) is 6.75. The zero-order valence-electron chi connectivity index (χ0n) is 13.3. The Morgan fingerprint density at radius 3 is 2.57 bits per heavy atom. The molecule has 122 valence electrons. The van der Waals surface area contributed by atoms with Gasteiger partial charge < -0.3 is 20.4 Å². The SMILES string of the molecule is CC1CCN(C(=O)NCCC(C)(C)CCC(=O)O)C1CO. The molecule has 1 heterocycles. The molecule has 6 heteroatoms. The van der Waals surface area contributed by atoms with Crippen LogP contribution in [0.15, 0.2) is 0 Å². The minimum Gasteiger partial charge on any atom is -0.481 e. The number of rotatable bonds is 7. The molecule has 3 N–H and O–H groups in total. The Labute approximate surface area is 126 Å². The third kappa shape index (κ3) is 5.53. The highest BCUT2D eigenvalue weighted by Gasteiger charge is 2.33. The molecule has 0 bridgehead atoms. The zero-order chi connectivity index (χ0) is 16.0. The molecule has 6 nitrogen and oxygen atoms in total. The minimum atomic E-state index is -0.788. The molecule has 1 aliphatic heterocycles. The molecule has 0 saturated carbocycles. The lowest BCUT2D eigenvalue weighted by Crippen LogP contribution is -2.46. The average molecular weight is 300 g/mol. The first kappa shape index (κ1) is 17.8. The van der Waals surface area contributed by atoms with Crippen molar-refractivity contribution >= 4 is 12.0 Å². The number of carbonyl (C=O) groups excluding carboxylic acids is 1. The van der Waals surface area contributed by atoms with Crippen LogP contribution < -0.4 is 5.32 Å². The molecule has 1 saturated heterocycles. The summed E-state index contributed by atoms with van der Waals surface area (Å²) in [7, 11) is 0. The van der Waals surface area contributed by atoms with Crippen molar-refractivity contribution in [3.63, 3.8) is 0 Å². The highest BCUT2D eigenvalue weighted by atomic mass is 16.4. The third-order valence-corrected chi connectivity index (χ3v) is 4.42. The number of aliphatic hydroxyl groups excluding tert-OH is 1. The van der Waals surface area contributed by atoms with Crippen molar-refractivity contribution in [2.75, 3.05) is 19.7 Å². The molecule has 2 unspecified atom stereocenters. The van der Waals surface area contributed by atoms with Crippen LogP contribution in [0.5, 0.6) is 0 Å². The highest BCUT2D eigenvalue weighted by molar-refractivity contribution is 5.74. The fourth-order valence-corrected chi connectivity index (χ4v) is 2.72. The summed E-state index contributed by atoms with van der Waals surface area (Å²) in [5.74, 6) is -0.461. The lowest BCUT2D eigenvalue weighted by Gasteiger charge is -2.27. The third-order valence-electron chi connectivity index (χ3n) is 4.42. The van der Waals surface area contributed by atoms with Crippen LogP contribution in [-0.4, -0.2) is 52.9 Å². The van der Waals surface area contributed by atoms with Crippen molar-refractivity contribution in [2.45, 2.75) is 52.5 Å². The van der Waals surface area contributed by atoms with Crippen molar-refractivity contribution in [3.8, 4) is 0 Å². The number of amides is 2. The van der Waals surface area contributed by atoms with Gasteiger partial charge in [0.15, 0.2) is 0 Å². The van der Waals surface area contributed by atoms with Crippen LogP contribution in [0.3, 0.4) is 0 Å². The van der Waals surface area contributed by atoms with Gasteiger partial charge in [-0.15, -0.1) is 0 Å². The number of hydrogen-bond acceptors (Lipinski definition) is 3. The monoisotopic (exact) mass is 300 g/mol. The molecule has 1 fully saturated rings. The summed E-state index contributed by atoms with van der Waals surface area (Å²) in [5, 5.41) is 21.0. The zero-order valence-corrected chi connectivity index (χ0v) is 13.3. The Morgan fingerprint density at radius 1 is 1.33 bits per heavy atom. The van der Waals surface area contributed by atoms with Gasteiger partial charge in [0.05, 0.1) is 12.6 Å². The predicted octanol–water partition coefficient (Wildman–Crippen LogP) is 1.68. The van der Waals surface area contributed by atoms with Gasteiger partial charge in [0.1, 0.15) is 0 Å². The number of aliphatic carboxylic acids is 1. The first-order valence-corrected chi connectivity index (χ1v) is 7.64. The van der Waals surface area contributed by atoms with Gasteiger partial charge in [-0.2, -0.15) is 0 Å². The van der Waals surface area contributed by atoms with Gasteiger partial charge in [-0.25, -0.2) is 4.79 Å². The first-order chi connectivity index (χ1) is 9.76. The number of carboxylic acid groups (broad SMARTS) is 1. The topological polar surface area (TPSA) is 89.9 Å². The van der Waals surface area contributed by atoms with Crippen molar-refractivity contribution in [2.24, 2.45) is 11.3 Å². The van der Waals surface area contributed by atoms with Crippen LogP contribution in [0.25, 0.3) is 0 Å². The molecule has 0 radical (unpaired) electrons. The maximum atomic E-state index is 12.1. The number of nitrogens with one attached hydrogen (secondary N) is 1. The van der Waals surface area contributed by atoms with E-state index in [1.165, 1.54) is 0 Å². The Morgan fingerprint density at radius 2 is 2.00 bits per heavy atom. The van der Waals surface area contributed by atoms with Gasteiger partial charge in [0.2, 0.25) is 0 Å². The van der Waals surface area contributed by atoms with Gasteiger partial charge in [0.25, 0.3) is 0 Å². The summed E-state index contributed by atoms with van der Waals surface area (Å²) in [6, 6.07) is -0.225. The van der Waals surface area contributed by atoms with E-state index in [9.17, 15) is 14.7 Å². The van der Waals surface area contributed by atoms with E-state index in [1.54, 1.807) is 4.90 Å². The Kier molecular flexibility index (Phi) is 6.45. The maximum Gasteiger partial charge on any atom is 0.317 e. The van der Waals surface area contributed by atoms with Crippen molar-refractivity contribution < 1.29 is 19.8 Å². The van der Waals surface area contributed by atoms with Gasteiger partial charge in [-0.3, -0.25) is 4.79 Å². The van der Waals surface area contributed by atoms with Gasteiger partial charge in [0, 0.05) is 19.5 Å². The average Bonchev–Trinajstić information content (AvgIpc) is 2.77. The number of carboxylic acids is 1. The lowest BCUT2D eigenvalue weighted by molar-refractivity contribution is -0.137. The highest BCUT2D eigenvalue weighted by Crippen LogP contribution is 2.26. The van der Waals surface area contributed by atoms with E-state index in [-0.39, 0.29) is 30.5 Å². The quantitative estimate of drug-likeness (QED) is 0.667. The van der Waals surface area contributed by atoms with E-state index < -0.39 is 5.97 Å². The molecule has 2 amide bonds. The Bertz CT molecular complexity index is 371. The van der Waals surface area contributed by atoms with Crippen LogP contribution in [0.4, 0.5) is 4.79 Å². The van der Waals surface area contributed by atoms with Crippen LogP contribution >= 0.6 is 0 Å². The number of aliphatic hydroxyl groups is 1. The Hall–Kier alpha value is -1.30. The largest absolute Gasteiger partial charge is 0.481 e. The number of likely N-dealkylation sites (tertiary alicyclic amines) is 1. The van der Waals surface area contributed by atoms with E-state index in [0.717, 1.165) is 12.8 Å². The maximum absolute atomic E-state index is 12.1. The molecule has 0 aromatic heterocycles. The van der Waals surface area contributed by atoms with Crippen LogP contribution in [-0.2, 0) is 4.79 Å². The van der Waals surface area contributed by atoms with E-state index >= 15 is 0 Å². The smallest absolute Gasteiger partial charge is 0.317 e. The van der Waals surface area contributed by atoms with Crippen molar-refractivity contribution in [1.82, 2.24) is 10.2 Å². The summed E-state index contributed by atoms with van der Waals surface area (Å²) in [4.78, 5) is 24.4. The van der Waals surface area contributed by atoms with Crippen molar-refractivity contribution in [1.29, 1.82) is 0 Å². The molecule has 0 aromatic rings. The van der Waals surface area contributed by atoms with E-state index in [0.29, 0.717) is 25.4 Å².